The summed E-state index contributed by atoms with van der Waals surface area (Å²) in [5.74, 6) is 0. The average molecular weight is 240 g/mol. The number of rotatable bonds is 7. The largest absolute Gasteiger partial charge is 0.395 e. The van der Waals surface area contributed by atoms with Crippen LogP contribution in [0.15, 0.2) is 18.5 Å². The van der Waals surface area contributed by atoms with Gasteiger partial charge in [-0.15, -0.1) is 0 Å². The van der Waals surface area contributed by atoms with Crippen molar-refractivity contribution in [2.45, 2.75) is 19.9 Å². The highest BCUT2D eigenvalue weighted by molar-refractivity contribution is 5.74. The van der Waals surface area contributed by atoms with Crippen LogP contribution in [-0.2, 0) is 6.54 Å². The van der Waals surface area contributed by atoms with Crippen molar-refractivity contribution < 1.29 is 9.90 Å². The number of carbonyl (C=O) groups excluding carboxylic acids is 1. The third-order valence-electron chi connectivity index (χ3n) is 2.44. The van der Waals surface area contributed by atoms with Crippen molar-refractivity contribution >= 4 is 6.03 Å². The normalized spacial score (nSPS) is 10.2. The minimum absolute atomic E-state index is 0.00541. The maximum absolute atomic E-state index is 11.6. The van der Waals surface area contributed by atoms with Crippen LogP contribution in [0, 0.1) is 0 Å². The second kappa shape index (κ2) is 7.67. The summed E-state index contributed by atoms with van der Waals surface area (Å²) in [6.07, 6.45) is 4.47. The molecule has 6 nitrogen and oxygen atoms in total. The lowest BCUT2D eigenvalue weighted by Crippen LogP contribution is -2.41. The highest BCUT2D eigenvalue weighted by Crippen LogP contribution is 1.91. The number of aliphatic hydroxyl groups excluding tert-OH is 1. The zero-order chi connectivity index (χ0) is 12.5. The number of carbonyl (C=O) groups is 1. The fourth-order valence-corrected chi connectivity index (χ4v) is 1.50. The Morgan fingerprint density at radius 2 is 2.41 bits per heavy atom. The van der Waals surface area contributed by atoms with Crippen LogP contribution < -0.4 is 5.32 Å². The Labute approximate surface area is 101 Å². The van der Waals surface area contributed by atoms with E-state index in [-0.39, 0.29) is 12.6 Å². The van der Waals surface area contributed by atoms with Gasteiger partial charge in [-0.25, -0.2) is 4.79 Å². The van der Waals surface area contributed by atoms with Crippen molar-refractivity contribution in [2.24, 2.45) is 0 Å². The summed E-state index contributed by atoms with van der Waals surface area (Å²) in [5, 5.41) is 15.7. The molecule has 0 aromatic carbocycles. The summed E-state index contributed by atoms with van der Waals surface area (Å²) >= 11 is 0. The fraction of sp³-hybridized carbons (Fsp3) is 0.636. The van der Waals surface area contributed by atoms with Gasteiger partial charge in [-0.3, -0.25) is 4.68 Å². The molecule has 0 spiro atoms. The molecule has 0 radical (unpaired) electrons. The zero-order valence-electron chi connectivity index (χ0n) is 10.2. The molecular formula is C11H20N4O2. The molecule has 17 heavy (non-hydrogen) atoms. The molecular weight excluding hydrogens is 220 g/mol. The van der Waals surface area contributed by atoms with Gasteiger partial charge in [0.25, 0.3) is 0 Å². The number of amides is 2. The van der Waals surface area contributed by atoms with Crippen molar-refractivity contribution in [1.82, 2.24) is 20.0 Å². The van der Waals surface area contributed by atoms with Crippen LogP contribution in [0.3, 0.4) is 0 Å². The molecule has 0 aliphatic heterocycles. The molecule has 96 valence electrons. The summed E-state index contributed by atoms with van der Waals surface area (Å²) in [5.41, 5.74) is 0. The summed E-state index contributed by atoms with van der Waals surface area (Å²) in [6, 6.07) is 1.75. The standard InChI is InChI=1S/C11H20N4O2/c1-2-14(9-10-16)11(17)12-5-3-7-15-8-4-6-13-15/h4,6,8,16H,2-3,5,7,9-10H2,1H3,(H,12,17). The van der Waals surface area contributed by atoms with E-state index in [0.29, 0.717) is 19.6 Å². The van der Waals surface area contributed by atoms with Crippen molar-refractivity contribution in [1.29, 1.82) is 0 Å². The predicted octanol–water partition coefficient (Wildman–Crippen LogP) is 0.297. The maximum Gasteiger partial charge on any atom is 0.317 e. The molecule has 0 aliphatic rings. The van der Waals surface area contributed by atoms with Crippen LogP contribution in [0.5, 0.6) is 0 Å². The highest BCUT2D eigenvalue weighted by Gasteiger charge is 2.08. The minimum Gasteiger partial charge on any atom is -0.395 e. The highest BCUT2D eigenvalue weighted by atomic mass is 16.3. The topological polar surface area (TPSA) is 70.4 Å². The molecule has 1 heterocycles. The molecule has 2 N–H and O–H groups in total. The number of urea groups is 1. The molecule has 1 aromatic rings. The molecule has 2 amide bonds. The van der Waals surface area contributed by atoms with Crippen molar-refractivity contribution in [3.05, 3.63) is 18.5 Å². The van der Waals surface area contributed by atoms with E-state index in [1.165, 1.54) is 0 Å². The summed E-state index contributed by atoms with van der Waals surface area (Å²) in [4.78, 5) is 13.2. The Hall–Kier alpha value is -1.56. The molecule has 0 unspecified atom stereocenters. The SMILES string of the molecule is CCN(CCO)C(=O)NCCCn1cccn1. The van der Waals surface area contributed by atoms with Crippen LogP contribution in [0.2, 0.25) is 0 Å². The number of aromatic nitrogens is 2. The minimum atomic E-state index is -0.123. The van der Waals surface area contributed by atoms with E-state index in [2.05, 4.69) is 10.4 Å². The first-order valence-corrected chi connectivity index (χ1v) is 5.89. The van der Waals surface area contributed by atoms with E-state index < -0.39 is 0 Å². The van der Waals surface area contributed by atoms with Crippen molar-refractivity contribution in [2.75, 3.05) is 26.2 Å². The smallest absolute Gasteiger partial charge is 0.317 e. The van der Waals surface area contributed by atoms with Crippen LogP contribution in [0.25, 0.3) is 0 Å². The van der Waals surface area contributed by atoms with Gasteiger partial charge in [0, 0.05) is 38.6 Å². The molecule has 1 aromatic heterocycles. The number of aliphatic hydroxyl groups is 1. The van der Waals surface area contributed by atoms with E-state index in [1.807, 2.05) is 23.9 Å². The maximum atomic E-state index is 11.6. The number of hydrogen-bond acceptors (Lipinski definition) is 3. The molecule has 6 heteroatoms. The van der Waals surface area contributed by atoms with Crippen LogP contribution in [0.4, 0.5) is 4.79 Å². The average Bonchev–Trinajstić information content (AvgIpc) is 2.84. The molecule has 0 atom stereocenters. The van der Waals surface area contributed by atoms with E-state index in [4.69, 9.17) is 5.11 Å². The molecule has 0 aliphatic carbocycles. The molecule has 0 bridgehead atoms. The first-order valence-electron chi connectivity index (χ1n) is 5.89. The third kappa shape index (κ3) is 4.86. The quantitative estimate of drug-likeness (QED) is 0.673. The van der Waals surface area contributed by atoms with Crippen molar-refractivity contribution in [3.63, 3.8) is 0 Å². The first-order chi connectivity index (χ1) is 8.27. The molecule has 0 saturated carbocycles. The lowest BCUT2D eigenvalue weighted by molar-refractivity contribution is 0.180. The first kappa shape index (κ1) is 13.5. The predicted molar refractivity (Wildman–Crippen MR) is 64.6 cm³/mol. The lowest BCUT2D eigenvalue weighted by atomic mass is 10.4. The van der Waals surface area contributed by atoms with Gasteiger partial charge in [0.15, 0.2) is 0 Å². The number of likely N-dealkylation sites (N-methyl/N-ethyl adjacent to an activating group) is 1. The third-order valence-corrected chi connectivity index (χ3v) is 2.44. The van der Waals surface area contributed by atoms with Crippen molar-refractivity contribution in [3.8, 4) is 0 Å². The van der Waals surface area contributed by atoms with Gasteiger partial charge in [0.1, 0.15) is 0 Å². The van der Waals surface area contributed by atoms with Gasteiger partial charge in [-0.05, 0) is 19.4 Å². The zero-order valence-corrected chi connectivity index (χ0v) is 10.2. The Kier molecular flexibility index (Phi) is 6.09. The van der Waals surface area contributed by atoms with Crippen LogP contribution in [0.1, 0.15) is 13.3 Å². The lowest BCUT2D eigenvalue weighted by Gasteiger charge is -2.20. The van der Waals surface area contributed by atoms with Gasteiger partial charge < -0.3 is 15.3 Å². The van der Waals surface area contributed by atoms with E-state index in [1.54, 1.807) is 11.1 Å². The summed E-state index contributed by atoms with van der Waals surface area (Å²) in [7, 11) is 0. The second-order valence-electron chi connectivity index (χ2n) is 3.66. The van der Waals surface area contributed by atoms with E-state index >= 15 is 0 Å². The Morgan fingerprint density at radius 3 is 3.00 bits per heavy atom. The Morgan fingerprint density at radius 1 is 1.59 bits per heavy atom. The number of nitrogens with zero attached hydrogens (tertiary/aromatic N) is 3. The molecule has 1 rings (SSSR count). The fourth-order valence-electron chi connectivity index (χ4n) is 1.50. The van der Waals surface area contributed by atoms with Gasteiger partial charge in [-0.2, -0.15) is 5.10 Å². The van der Waals surface area contributed by atoms with Gasteiger partial charge >= 0.3 is 6.03 Å². The van der Waals surface area contributed by atoms with E-state index in [0.717, 1.165) is 13.0 Å². The summed E-state index contributed by atoms with van der Waals surface area (Å²) in [6.45, 7) is 4.26. The monoisotopic (exact) mass is 240 g/mol. The number of hydrogen-bond donors (Lipinski definition) is 2. The van der Waals surface area contributed by atoms with Gasteiger partial charge in [0.05, 0.1) is 6.61 Å². The van der Waals surface area contributed by atoms with Crippen LogP contribution >= 0.6 is 0 Å². The Balaban J connectivity index is 2.14. The second-order valence-corrected chi connectivity index (χ2v) is 3.66. The van der Waals surface area contributed by atoms with Gasteiger partial charge in [-0.1, -0.05) is 0 Å². The Bertz CT molecular complexity index is 313. The van der Waals surface area contributed by atoms with Crippen LogP contribution in [-0.4, -0.2) is 52.1 Å². The number of nitrogens with one attached hydrogen (secondary N) is 1. The number of aryl methyl sites for hydroxylation is 1. The summed E-state index contributed by atoms with van der Waals surface area (Å²) < 4.78 is 1.83. The molecule has 0 fully saturated rings. The van der Waals surface area contributed by atoms with Gasteiger partial charge in [0.2, 0.25) is 0 Å². The van der Waals surface area contributed by atoms with E-state index in [9.17, 15) is 4.79 Å². The molecule has 0 saturated heterocycles.